The molecule has 5 atom stereocenters. The quantitative estimate of drug-likeness (QED) is 0.311. The number of aliphatic hydroxyl groups excluding tert-OH is 2. The second-order valence-corrected chi connectivity index (χ2v) is 9.74. The summed E-state index contributed by atoms with van der Waals surface area (Å²) >= 11 is 0. The first kappa shape index (κ1) is 23.5. The van der Waals surface area contributed by atoms with E-state index in [1.165, 1.54) is 38.5 Å². The SMILES string of the molecule is CCC[C@H]1CC[C@@H]([C@H](O)/C=C/[C@H]2C(O)C[C@@H]3N=C(CCCCC(=O)OC)C[C@@H]32)CC1. The lowest BCUT2D eigenvalue weighted by Crippen LogP contribution is -2.25. The van der Waals surface area contributed by atoms with Crippen LogP contribution in [0.5, 0.6) is 0 Å². The van der Waals surface area contributed by atoms with Crippen molar-refractivity contribution >= 4 is 11.7 Å². The van der Waals surface area contributed by atoms with E-state index in [1.54, 1.807) is 0 Å². The van der Waals surface area contributed by atoms with Gasteiger partial charge in [0.25, 0.3) is 0 Å². The normalized spacial score (nSPS) is 34.7. The van der Waals surface area contributed by atoms with E-state index in [9.17, 15) is 15.0 Å². The summed E-state index contributed by atoms with van der Waals surface area (Å²) in [6.45, 7) is 2.25. The number of fused-ring (bicyclic) bond motifs is 1. The molecule has 2 N–H and O–H groups in total. The Labute approximate surface area is 182 Å². The molecule has 0 aromatic carbocycles. The summed E-state index contributed by atoms with van der Waals surface area (Å²) < 4.78 is 4.69. The van der Waals surface area contributed by atoms with Crippen molar-refractivity contribution in [2.24, 2.45) is 28.7 Å². The maximum atomic E-state index is 11.2. The third-order valence-electron chi connectivity index (χ3n) is 7.66. The number of aliphatic hydroxyl groups is 2. The number of aliphatic imine (C=N–C) groups is 1. The molecule has 2 fully saturated rings. The lowest BCUT2D eigenvalue weighted by atomic mass is 9.77. The fourth-order valence-corrected chi connectivity index (χ4v) is 5.87. The van der Waals surface area contributed by atoms with E-state index in [0.29, 0.717) is 18.3 Å². The summed E-state index contributed by atoms with van der Waals surface area (Å²) in [6.07, 6.45) is 15.5. The maximum Gasteiger partial charge on any atom is 0.305 e. The van der Waals surface area contributed by atoms with Gasteiger partial charge in [-0.05, 0) is 62.7 Å². The van der Waals surface area contributed by atoms with E-state index in [1.807, 2.05) is 6.08 Å². The molecule has 0 radical (unpaired) electrons. The van der Waals surface area contributed by atoms with Gasteiger partial charge in [0, 0.05) is 18.1 Å². The molecule has 170 valence electrons. The molecule has 1 heterocycles. The number of unbranched alkanes of at least 4 members (excludes halogenated alkanes) is 1. The molecule has 0 aromatic heterocycles. The number of hydrogen-bond donors (Lipinski definition) is 2. The smallest absolute Gasteiger partial charge is 0.305 e. The lowest BCUT2D eigenvalue weighted by Gasteiger charge is -2.30. The summed E-state index contributed by atoms with van der Waals surface area (Å²) in [7, 11) is 1.43. The minimum absolute atomic E-state index is 0.0948. The average molecular weight is 420 g/mol. The number of rotatable bonds is 10. The van der Waals surface area contributed by atoms with Crippen LogP contribution in [0.1, 0.15) is 84.0 Å². The predicted octanol–water partition coefficient (Wildman–Crippen LogP) is 4.45. The van der Waals surface area contributed by atoms with Crippen molar-refractivity contribution in [3.8, 4) is 0 Å². The Balaban J connectivity index is 1.44. The highest BCUT2D eigenvalue weighted by Gasteiger charge is 2.44. The standard InChI is InChI=1S/C25H41NO4/c1-3-6-17-9-11-18(12-10-17)23(27)14-13-20-21-15-19(26-22(21)16-24(20)28)7-4-5-8-25(29)30-2/h13-14,17-18,20-24,27-28H,3-12,15-16H2,1-2H3/b14-13+/t17-,18+,20-,21-,22+,23-,24?/m1/s1. The van der Waals surface area contributed by atoms with E-state index < -0.39 is 0 Å². The van der Waals surface area contributed by atoms with E-state index in [-0.39, 0.29) is 30.1 Å². The molecule has 0 saturated heterocycles. The molecule has 5 nitrogen and oxygen atoms in total. The van der Waals surface area contributed by atoms with Crippen molar-refractivity contribution in [2.45, 2.75) is 102 Å². The number of carbonyl (C=O) groups is 1. The minimum Gasteiger partial charge on any atom is -0.469 e. The van der Waals surface area contributed by atoms with Gasteiger partial charge in [0.05, 0.1) is 25.4 Å². The van der Waals surface area contributed by atoms with Crippen LogP contribution in [-0.4, -0.2) is 47.3 Å². The van der Waals surface area contributed by atoms with Gasteiger partial charge in [-0.3, -0.25) is 9.79 Å². The fourth-order valence-electron chi connectivity index (χ4n) is 5.87. The highest BCUT2D eigenvalue weighted by Crippen LogP contribution is 2.43. The molecule has 3 aliphatic rings. The summed E-state index contributed by atoms with van der Waals surface area (Å²) in [4.78, 5) is 16.1. The fraction of sp³-hybridized carbons (Fsp3) is 0.840. The van der Waals surface area contributed by atoms with Crippen LogP contribution < -0.4 is 0 Å². The zero-order valence-corrected chi connectivity index (χ0v) is 18.8. The van der Waals surface area contributed by atoms with Crippen LogP contribution in [-0.2, 0) is 9.53 Å². The largest absolute Gasteiger partial charge is 0.469 e. The summed E-state index contributed by atoms with van der Waals surface area (Å²) in [5.74, 6) is 1.53. The molecule has 0 aromatic rings. The van der Waals surface area contributed by atoms with Crippen molar-refractivity contribution in [1.82, 2.24) is 0 Å². The minimum atomic E-state index is -0.390. The summed E-state index contributed by atoms with van der Waals surface area (Å²) in [5, 5.41) is 21.2. The van der Waals surface area contributed by atoms with Crippen molar-refractivity contribution in [1.29, 1.82) is 0 Å². The highest BCUT2D eigenvalue weighted by molar-refractivity contribution is 5.86. The molecule has 30 heavy (non-hydrogen) atoms. The molecule has 2 aliphatic carbocycles. The third kappa shape index (κ3) is 6.16. The van der Waals surface area contributed by atoms with E-state index in [4.69, 9.17) is 4.99 Å². The molecule has 0 spiro atoms. The van der Waals surface area contributed by atoms with Crippen LogP contribution in [0.15, 0.2) is 17.1 Å². The van der Waals surface area contributed by atoms with Crippen molar-refractivity contribution < 1.29 is 19.7 Å². The molecule has 1 unspecified atom stereocenters. The third-order valence-corrected chi connectivity index (χ3v) is 7.66. The van der Waals surface area contributed by atoms with Crippen LogP contribution in [0.3, 0.4) is 0 Å². The first-order chi connectivity index (χ1) is 14.5. The van der Waals surface area contributed by atoms with Gasteiger partial charge < -0.3 is 14.9 Å². The summed E-state index contributed by atoms with van der Waals surface area (Å²) in [6, 6.07) is 0.215. The van der Waals surface area contributed by atoms with Crippen LogP contribution in [0.4, 0.5) is 0 Å². The Hall–Kier alpha value is -1.20. The topological polar surface area (TPSA) is 79.1 Å². The molecule has 0 amide bonds. The number of hydrogen-bond acceptors (Lipinski definition) is 5. The number of carbonyl (C=O) groups excluding carboxylic acids is 1. The van der Waals surface area contributed by atoms with Crippen LogP contribution in [0, 0.1) is 23.7 Å². The number of esters is 1. The number of ether oxygens (including phenoxy) is 1. The van der Waals surface area contributed by atoms with E-state index in [2.05, 4.69) is 17.7 Å². The lowest BCUT2D eigenvalue weighted by molar-refractivity contribution is -0.140. The number of methoxy groups -OCH3 is 1. The van der Waals surface area contributed by atoms with Crippen LogP contribution in [0.25, 0.3) is 0 Å². The molecular weight excluding hydrogens is 378 g/mol. The number of nitrogens with zero attached hydrogens (tertiary/aromatic N) is 1. The maximum absolute atomic E-state index is 11.2. The molecule has 2 saturated carbocycles. The second kappa shape index (κ2) is 11.4. The van der Waals surface area contributed by atoms with Gasteiger partial charge in [0.15, 0.2) is 0 Å². The zero-order chi connectivity index (χ0) is 21.5. The second-order valence-electron chi connectivity index (χ2n) is 9.74. The monoisotopic (exact) mass is 419 g/mol. The van der Waals surface area contributed by atoms with Gasteiger partial charge in [0.2, 0.25) is 0 Å². The zero-order valence-electron chi connectivity index (χ0n) is 18.8. The predicted molar refractivity (Wildman–Crippen MR) is 119 cm³/mol. The Morgan fingerprint density at radius 3 is 2.73 bits per heavy atom. The molecule has 3 rings (SSSR count). The van der Waals surface area contributed by atoms with Gasteiger partial charge in [-0.15, -0.1) is 0 Å². The van der Waals surface area contributed by atoms with Crippen molar-refractivity contribution in [3.05, 3.63) is 12.2 Å². The van der Waals surface area contributed by atoms with Crippen molar-refractivity contribution in [3.63, 3.8) is 0 Å². The summed E-state index contributed by atoms with van der Waals surface area (Å²) in [5.41, 5.74) is 1.23. The Kier molecular flexibility index (Phi) is 8.94. The first-order valence-electron chi connectivity index (χ1n) is 12.2. The van der Waals surface area contributed by atoms with Gasteiger partial charge >= 0.3 is 5.97 Å². The highest BCUT2D eigenvalue weighted by atomic mass is 16.5. The van der Waals surface area contributed by atoms with Gasteiger partial charge in [0.1, 0.15) is 0 Å². The Morgan fingerprint density at radius 1 is 1.27 bits per heavy atom. The Bertz CT molecular complexity index is 608. The van der Waals surface area contributed by atoms with Gasteiger partial charge in [-0.25, -0.2) is 0 Å². The van der Waals surface area contributed by atoms with Gasteiger partial charge in [-0.2, -0.15) is 0 Å². The van der Waals surface area contributed by atoms with Crippen molar-refractivity contribution in [2.75, 3.05) is 7.11 Å². The molecule has 0 bridgehead atoms. The van der Waals surface area contributed by atoms with E-state index in [0.717, 1.165) is 50.9 Å². The van der Waals surface area contributed by atoms with Crippen LogP contribution in [0.2, 0.25) is 0 Å². The molecule has 1 aliphatic heterocycles. The molecular formula is C25H41NO4. The Morgan fingerprint density at radius 2 is 2.03 bits per heavy atom. The first-order valence-corrected chi connectivity index (χ1v) is 12.2. The average Bonchev–Trinajstić information content (AvgIpc) is 3.26. The van der Waals surface area contributed by atoms with Gasteiger partial charge in [-0.1, -0.05) is 44.8 Å². The van der Waals surface area contributed by atoms with Crippen LogP contribution >= 0.6 is 0 Å². The molecule has 5 heteroatoms. The van der Waals surface area contributed by atoms with E-state index >= 15 is 0 Å².